The van der Waals surface area contributed by atoms with Gasteiger partial charge in [-0.1, -0.05) is 103 Å². The topological polar surface area (TPSA) is 72.5 Å². The molecule has 0 saturated carbocycles. The fourth-order valence-corrected chi connectivity index (χ4v) is 4.79. The highest BCUT2D eigenvalue weighted by Gasteiger charge is 2.26. The Morgan fingerprint density at radius 1 is 0.522 bits per heavy atom. The fraction of sp³-hybridized carbons (Fsp3) is 0.154. The number of carbonyl (C=O) groups excluding carboxylic acids is 1. The summed E-state index contributed by atoms with van der Waals surface area (Å²) in [6.07, 6.45) is 3.18. The lowest BCUT2D eigenvalue weighted by atomic mass is 10.0. The molecule has 0 heterocycles. The predicted octanol–water partition coefficient (Wildman–Crippen LogP) is 8.35. The third-order valence-electron chi connectivity index (χ3n) is 7.15. The first-order valence-electron chi connectivity index (χ1n) is 14.8. The lowest BCUT2D eigenvalue weighted by molar-refractivity contribution is 0.103. The van der Waals surface area contributed by atoms with E-state index in [0.29, 0.717) is 35.4 Å². The van der Waals surface area contributed by atoms with E-state index in [0.717, 1.165) is 22.3 Å². The molecule has 234 valence electrons. The quantitative estimate of drug-likeness (QED) is 0.0865. The van der Waals surface area contributed by atoms with Crippen LogP contribution in [-0.2, 0) is 19.8 Å². The normalized spacial score (nSPS) is 10.8. The smallest absolute Gasteiger partial charge is 0.204 e. The number of ether oxygens (including phenoxy) is 6. The number of hydrogen-bond donors (Lipinski definition) is 0. The van der Waals surface area contributed by atoms with Crippen molar-refractivity contribution in [1.82, 2.24) is 0 Å². The Morgan fingerprint density at radius 2 is 1.04 bits per heavy atom. The number of methoxy groups -OCH3 is 3. The highest BCUT2D eigenvalue weighted by atomic mass is 16.5. The minimum Gasteiger partial charge on any atom is -0.493 e. The van der Waals surface area contributed by atoms with Crippen LogP contribution in [0.5, 0.6) is 34.5 Å². The molecule has 0 amide bonds. The number of allylic oxidation sites excluding steroid dienone is 1. The number of ketones is 1. The highest BCUT2D eigenvalue weighted by Crippen LogP contribution is 2.46. The molecule has 0 aliphatic rings. The molecule has 7 heteroatoms. The molecular formula is C39H36O7. The molecule has 0 radical (unpaired) electrons. The third kappa shape index (κ3) is 8.07. The van der Waals surface area contributed by atoms with E-state index < -0.39 is 0 Å². The van der Waals surface area contributed by atoms with Gasteiger partial charge < -0.3 is 28.4 Å². The highest BCUT2D eigenvalue weighted by molar-refractivity contribution is 6.11. The lowest BCUT2D eigenvalue weighted by Gasteiger charge is -2.20. The van der Waals surface area contributed by atoms with Gasteiger partial charge in [0.1, 0.15) is 31.1 Å². The molecule has 0 spiro atoms. The molecule has 0 aliphatic carbocycles. The van der Waals surface area contributed by atoms with Gasteiger partial charge >= 0.3 is 0 Å². The van der Waals surface area contributed by atoms with Crippen molar-refractivity contribution in [2.45, 2.75) is 19.8 Å². The van der Waals surface area contributed by atoms with Crippen molar-refractivity contribution in [3.63, 3.8) is 0 Å². The van der Waals surface area contributed by atoms with Gasteiger partial charge in [0, 0.05) is 6.07 Å². The molecule has 7 nitrogen and oxygen atoms in total. The summed E-state index contributed by atoms with van der Waals surface area (Å²) in [5, 5.41) is 0. The molecule has 5 aromatic carbocycles. The number of benzene rings is 5. The zero-order chi connectivity index (χ0) is 32.1. The van der Waals surface area contributed by atoms with Gasteiger partial charge in [-0.2, -0.15) is 0 Å². The van der Waals surface area contributed by atoms with E-state index in [4.69, 9.17) is 28.4 Å². The Balaban J connectivity index is 1.44. The second-order valence-electron chi connectivity index (χ2n) is 10.2. The van der Waals surface area contributed by atoms with Gasteiger partial charge in [0.05, 0.1) is 21.3 Å². The molecule has 46 heavy (non-hydrogen) atoms. The van der Waals surface area contributed by atoms with Crippen molar-refractivity contribution >= 4 is 11.9 Å². The lowest BCUT2D eigenvalue weighted by Crippen LogP contribution is -2.09. The van der Waals surface area contributed by atoms with Gasteiger partial charge in [-0.25, -0.2) is 0 Å². The summed E-state index contributed by atoms with van der Waals surface area (Å²) in [4.78, 5) is 13.9. The van der Waals surface area contributed by atoms with Crippen LogP contribution >= 0.6 is 0 Å². The largest absolute Gasteiger partial charge is 0.493 e. The third-order valence-corrected chi connectivity index (χ3v) is 7.15. The molecule has 0 aliphatic heterocycles. The van der Waals surface area contributed by atoms with Crippen LogP contribution in [0.4, 0.5) is 0 Å². The minimum absolute atomic E-state index is 0.216. The van der Waals surface area contributed by atoms with Crippen LogP contribution in [0.2, 0.25) is 0 Å². The molecule has 0 saturated heterocycles. The zero-order valence-corrected chi connectivity index (χ0v) is 26.1. The Kier molecular flexibility index (Phi) is 10.9. The van der Waals surface area contributed by atoms with Gasteiger partial charge in [-0.15, -0.1) is 0 Å². The first-order valence-corrected chi connectivity index (χ1v) is 14.8. The van der Waals surface area contributed by atoms with Crippen LogP contribution in [0.1, 0.15) is 32.6 Å². The monoisotopic (exact) mass is 616 g/mol. The molecule has 0 bridgehead atoms. The second kappa shape index (κ2) is 15.9. The van der Waals surface area contributed by atoms with E-state index in [2.05, 4.69) is 0 Å². The summed E-state index contributed by atoms with van der Waals surface area (Å²) in [5.74, 6) is 2.03. The standard InChI is InChI=1S/C39H36O7/c1-41-34-23-28(20-22-33(34)44-25-29-13-7-4-8-14-29)19-21-32(40)37-35(45-26-30-15-9-5-10-16-30)24-36(42-2)38(39(37)43-3)46-27-31-17-11-6-12-18-31/h4-24H,25-27H2,1-3H3/b21-19+. The van der Waals surface area contributed by atoms with Crippen molar-refractivity contribution in [1.29, 1.82) is 0 Å². The molecule has 0 atom stereocenters. The second-order valence-corrected chi connectivity index (χ2v) is 10.2. The zero-order valence-electron chi connectivity index (χ0n) is 26.1. The number of rotatable bonds is 15. The molecule has 5 aromatic rings. The van der Waals surface area contributed by atoms with Crippen molar-refractivity contribution in [2.75, 3.05) is 21.3 Å². The molecule has 0 fully saturated rings. The van der Waals surface area contributed by atoms with E-state index in [1.165, 1.54) is 20.3 Å². The molecule has 0 unspecified atom stereocenters. The molecule has 5 rings (SSSR count). The average molecular weight is 617 g/mol. The van der Waals surface area contributed by atoms with E-state index >= 15 is 0 Å². The summed E-state index contributed by atoms with van der Waals surface area (Å²) in [6, 6.07) is 36.5. The minimum atomic E-state index is -0.338. The van der Waals surface area contributed by atoms with Gasteiger partial charge in [0.15, 0.2) is 28.8 Å². The van der Waals surface area contributed by atoms with Gasteiger partial charge in [0.2, 0.25) is 5.75 Å². The maximum Gasteiger partial charge on any atom is 0.204 e. The first-order chi connectivity index (χ1) is 22.6. The Bertz CT molecular complexity index is 1750. The average Bonchev–Trinajstić information content (AvgIpc) is 3.12. The van der Waals surface area contributed by atoms with Crippen LogP contribution in [0.15, 0.2) is 121 Å². The van der Waals surface area contributed by atoms with Gasteiger partial charge in [-0.3, -0.25) is 4.79 Å². The van der Waals surface area contributed by atoms with Crippen molar-refractivity contribution in [3.05, 3.63) is 149 Å². The Morgan fingerprint density at radius 3 is 1.57 bits per heavy atom. The van der Waals surface area contributed by atoms with E-state index in [1.807, 2.05) is 109 Å². The molecule has 0 aromatic heterocycles. The fourth-order valence-electron chi connectivity index (χ4n) is 4.79. The van der Waals surface area contributed by atoms with Gasteiger partial charge in [0.25, 0.3) is 0 Å². The summed E-state index contributed by atoms with van der Waals surface area (Å²) in [6.45, 7) is 0.894. The SMILES string of the molecule is COc1cc(/C=C/C(=O)c2c(OCc3ccccc3)cc(OC)c(OCc3ccccc3)c2OC)ccc1OCc1ccccc1. The van der Waals surface area contributed by atoms with Gasteiger partial charge in [-0.05, 0) is 40.5 Å². The van der Waals surface area contributed by atoms with E-state index in [9.17, 15) is 4.79 Å². The summed E-state index contributed by atoms with van der Waals surface area (Å²) < 4.78 is 35.5. The molecular weight excluding hydrogens is 580 g/mol. The maximum atomic E-state index is 13.9. The Hall–Kier alpha value is -5.69. The van der Waals surface area contributed by atoms with Crippen LogP contribution in [0.25, 0.3) is 6.08 Å². The van der Waals surface area contributed by atoms with E-state index in [-0.39, 0.29) is 30.3 Å². The van der Waals surface area contributed by atoms with Crippen molar-refractivity contribution in [2.24, 2.45) is 0 Å². The maximum absolute atomic E-state index is 13.9. The summed E-state index contributed by atoms with van der Waals surface area (Å²) in [5.41, 5.74) is 3.91. The van der Waals surface area contributed by atoms with Crippen LogP contribution in [0, 0.1) is 0 Å². The number of hydrogen-bond acceptors (Lipinski definition) is 7. The van der Waals surface area contributed by atoms with Crippen molar-refractivity contribution < 1.29 is 33.2 Å². The van der Waals surface area contributed by atoms with Crippen LogP contribution in [-0.4, -0.2) is 27.1 Å². The Labute approximate surface area is 269 Å². The summed E-state index contributed by atoms with van der Waals surface area (Å²) in [7, 11) is 4.61. The summed E-state index contributed by atoms with van der Waals surface area (Å²) >= 11 is 0. The molecule has 0 N–H and O–H groups in total. The number of carbonyl (C=O) groups is 1. The predicted molar refractivity (Wildman–Crippen MR) is 178 cm³/mol. The van der Waals surface area contributed by atoms with Crippen molar-refractivity contribution in [3.8, 4) is 34.5 Å². The van der Waals surface area contributed by atoms with Crippen LogP contribution < -0.4 is 28.4 Å². The van der Waals surface area contributed by atoms with Crippen LogP contribution in [0.3, 0.4) is 0 Å². The first kappa shape index (κ1) is 31.7. The van der Waals surface area contributed by atoms with E-state index in [1.54, 1.807) is 19.3 Å².